The topological polar surface area (TPSA) is 116 Å². The molecule has 0 amide bonds. The van der Waals surface area contributed by atoms with Crippen LogP contribution in [-0.4, -0.2) is 16.9 Å². The number of nitrogens with two attached hydrogens (primary N) is 3. The first-order chi connectivity index (χ1) is 8.56. The summed E-state index contributed by atoms with van der Waals surface area (Å²) in [6.07, 6.45) is 0. The fourth-order valence-corrected chi connectivity index (χ4v) is 1.63. The van der Waals surface area contributed by atoms with Crippen molar-refractivity contribution >= 4 is 40.1 Å². The zero-order valence-electron chi connectivity index (χ0n) is 9.34. The molecule has 0 bridgehead atoms. The summed E-state index contributed by atoms with van der Waals surface area (Å²) in [4.78, 5) is 11.9. The molecule has 1 aromatic carbocycles. The smallest absolute Gasteiger partial charge is 0.223 e. The maximum Gasteiger partial charge on any atom is 0.223 e. The molecule has 0 saturated heterocycles. The lowest BCUT2D eigenvalue weighted by molar-refractivity contribution is 1.36. The Kier molecular flexibility index (Phi) is 3.29. The highest BCUT2D eigenvalue weighted by Crippen LogP contribution is 2.25. The van der Waals surface area contributed by atoms with Gasteiger partial charge in [-0.2, -0.15) is 4.99 Å². The summed E-state index contributed by atoms with van der Waals surface area (Å²) in [6, 6.07) is 9.03. The van der Waals surface area contributed by atoms with Gasteiger partial charge in [0.05, 0.1) is 11.2 Å². The zero-order chi connectivity index (χ0) is 13.1. The monoisotopic (exact) mass is 262 g/mol. The summed E-state index contributed by atoms with van der Waals surface area (Å²) >= 11 is 5.85. The molecule has 6 nitrogen and oxygen atoms in total. The van der Waals surface area contributed by atoms with Crippen LogP contribution in [0.15, 0.2) is 40.3 Å². The minimum absolute atomic E-state index is 0.0377. The Labute approximate surface area is 108 Å². The summed E-state index contributed by atoms with van der Waals surface area (Å²) < 4.78 is 0. The van der Waals surface area contributed by atoms with Crippen LogP contribution in [0.2, 0.25) is 5.15 Å². The molecule has 0 unspecified atom stereocenters. The maximum absolute atomic E-state index is 5.85. The van der Waals surface area contributed by atoms with E-state index in [0.717, 1.165) is 5.39 Å². The maximum atomic E-state index is 5.85. The number of aliphatic imine (C=N–C) groups is 2. The van der Waals surface area contributed by atoms with Crippen LogP contribution in [-0.2, 0) is 0 Å². The largest absolute Gasteiger partial charge is 0.370 e. The van der Waals surface area contributed by atoms with Gasteiger partial charge in [0.1, 0.15) is 5.15 Å². The van der Waals surface area contributed by atoms with Gasteiger partial charge in [-0.1, -0.05) is 23.7 Å². The molecule has 0 saturated carbocycles. The molecule has 0 atom stereocenters. The molecule has 2 rings (SSSR count). The number of rotatable bonds is 1. The van der Waals surface area contributed by atoms with E-state index in [4.69, 9.17) is 28.8 Å². The van der Waals surface area contributed by atoms with Crippen molar-refractivity contribution in [3.8, 4) is 0 Å². The van der Waals surface area contributed by atoms with Crippen LogP contribution in [0.1, 0.15) is 0 Å². The van der Waals surface area contributed by atoms with Gasteiger partial charge in [-0.05, 0) is 18.2 Å². The van der Waals surface area contributed by atoms with Crippen LogP contribution < -0.4 is 17.2 Å². The first-order valence-electron chi connectivity index (χ1n) is 5.05. The van der Waals surface area contributed by atoms with Gasteiger partial charge in [-0.25, -0.2) is 9.98 Å². The standard InChI is InChI=1S/C11H11ClN6/c12-8-5-4-6-2-1-3-7(9(6)17-8)16-11(15)18-10(13)14/h1-5H,(H6,13,14,15,16,18). The van der Waals surface area contributed by atoms with Gasteiger partial charge in [0, 0.05) is 5.39 Å². The van der Waals surface area contributed by atoms with Gasteiger partial charge in [0.2, 0.25) is 5.96 Å². The van der Waals surface area contributed by atoms with Gasteiger partial charge in [-0.3, -0.25) is 0 Å². The molecular weight excluding hydrogens is 252 g/mol. The minimum Gasteiger partial charge on any atom is -0.370 e. The molecule has 7 heteroatoms. The lowest BCUT2D eigenvalue weighted by Crippen LogP contribution is -2.26. The van der Waals surface area contributed by atoms with Gasteiger partial charge in [-0.15, -0.1) is 0 Å². The molecule has 0 radical (unpaired) electrons. The first kappa shape index (κ1) is 12.1. The van der Waals surface area contributed by atoms with Gasteiger partial charge in [0.15, 0.2) is 5.96 Å². The third-order valence-electron chi connectivity index (χ3n) is 2.14. The van der Waals surface area contributed by atoms with Gasteiger partial charge < -0.3 is 17.2 Å². The Balaban J connectivity index is 2.58. The number of guanidine groups is 2. The van der Waals surface area contributed by atoms with Crippen molar-refractivity contribution in [2.24, 2.45) is 27.2 Å². The van der Waals surface area contributed by atoms with Crippen LogP contribution in [0.3, 0.4) is 0 Å². The van der Waals surface area contributed by atoms with Crippen molar-refractivity contribution in [2.45, 2.75) is 0 Å². The third kappa shape index (κ3) is 2.67. The molecule has 6 N–H and O–H groups in total. The first-order valence-corrected chi connectivity index (χ1v) is 5.43. The number of hydrogen-bond acceptors (Lipinski definition) is 2. The van der Waals surface area contributed by atoms with Crippen LogP contribution in [0.5, 0.6) is 0 Å². The molecule has 0 aliphatic heterocycles. The van der Waals surface area contributed by atoms with Crippen molar-refractivity contribution in [1.29, 1.82) is 0 Å². The van der Waals surface area contributed by atoms with Crippen molar-refractivity contribution in [3.05, 3.63) is 35.5 Å². The highest BCUT2D eigenvalue weighted by atomic mass is 35.5. The van der Waals surface area contributed by atoms with E-state index < -0.39 is 0 Å². The number of halogens is 1. The predicted octanol–water partition coefficient (Wildman–Crippen LogP) is 1.11. The Bertz CT molecular complexity index is 645. The van der Waals surface area contributed by atoms with E-state index in [-0.39, 0.29) is 11.9 Å². The molecule has 2 aromatic rings. The van der Waals surface area contributed by atoms with Crippen LogP contribution in [0.25, 0.3) is 10.9 Å². The van der Waals surface area contributed by atoms with Gasteiger partial charge >= 0.3 is 0 Å². The zero-order valence-corrected chi connectivity index (χ0v) is 10.1. The van der Waals surface area contributed by atoms with Crippen molar-refractivity contribution in [1.82, 2.24) is 4.98 Å². The Morgan fingerprint density at radius 3 is 2.61 bits per heavy atom. The number of fused-ring (bicyclic) bond motifs is 1. The van der Waals surface area contributed by atoms with E-state index in [0.29, 0.717) is 16.4 Å². The van der Waals surface area contributed by atoms with E-state index in [2.05, 4.69) is 15.0 Å². The number of aromatic nitrogens is 1. The molecule has 0 aliphatic carbocycles. The van der Waals surface area contributed by atoms with Crippen molar-refractivity contribution < 1.29 is 0 Å². The normalized spacial score (nSPS) is 11.5. The van der Waals surface area contributed by atoms with E-state index in [1.165, 1.54) is 0 Å². The van der Waals surface area contributed by atoms with Gasteiger partial charge in [0.25, 0.3) is 0 Å². The van der Waals surface area contributed by atoms with Crippen molar-refractivity contribution in [3.63, 3.8) is 0 Å². The van der Waals surface area contributed by atoms with E-state index in [9.17, 15) is 0 Å². The highest BCUT2D eigenvalue weighted by Gasteiger charge is 2.03. The molecule has 0 aliphatic rings. The number of pyridine rings is 1. The molecule has 1 heterocycles. The molecular formula is C11H11ClN6. The number of hydrogen-bond donors (Lipinski definition) is 3. The average Bonchev–Trinajstić information content (AvgIpc) is 2.28. The molecule has 18 heavy (non-hydrogen) atoms. The van der Waals surface area contributed by atoms with E-state index in [1.54, 1.807) is 12.1 Å². The van der Waals surface area contributed by atoms with E-state index >= 15 is 0 Å². The second-order valence-corrected chi connectivity index (χ2v) is 3.88. The molecule has 1 aromatic heterocycles. The SMILES string of the molecule is NC(N)=NC(N)=Nc1cccc2ccc(Cl)nc12. The molecule has 0 fully saturated rings. The van der Waals surface area contributed by atoms with Crippen LogP contribution in [0, 0.1) is 0 Å². The quantitative estimate of drug-likeness (QED) is 0.405. The second-order valence-electron chi connectivity index (χ2n) is 3.49. The Morgan fingerprint density at radius 2 is 1.89 bits per heavy atom. The minimum atomic E-state index is -0.150. The number of benzene rings is 1. The average molecular weight is 263 g/mol. The van der Waals surface area contributed by atoms with Crippen LogP contribution in [0.4, 0.5) is 5.69 Å². The summed E-state index contributed by atoms with van der Waals surface area (Å²) in [6.45, 7) is 0. The predicted molar refractivity (Wildman–Crippen MR) is 73.8 cm³/mol. The fourth-order valence-electron chi connectivity index (χ4n) is 1.48. The lowest BCUT2D eigenvalue weighted by Gasteiger charge is -2.02. The molecule has 92 valence electrons. The fraction of sp³-hybridized carbons (Fsp3) is 0. The Hall–Kier alpha value is -2.34. The summed E-state index contributed by atoms with van der Waals surface area (Å²) in [5.74, 6) is -0.188. The summed E-state index contributed by atoms with van der Waals surface area (Å²) in [5, 5.41) is 1.28. The second kappa shape index (κ2) is 4.89. The lowest BCUT2D eigenvalue weighted by atomic mass is 10.2. The highest BCUT2D eigenvalue weighted by molar-refractivity contribution is 6.29. The summed E-state index contributed by atoms with van der Waals surface area (Å²) in [7, 11) is 0. The number of nitrogens with zero attached hydrogens (tertiary/aromatic N) is 3. The molecule has 0 spiro atoms. The van der Waals surface area contributed by atoms with Crippen molar-refractivity contribution in [2.75, 3.05) is 0 Å². The third-order valence-corrected chi connectivity index (χ3v) is 2.35. The van der Waals surface area contributed by atoms with Crippen LogP contribution >= 0.6 is 11.6 Å². The number of para-hydroxylation sites is 1. The van der Waals surface area contributed by atoms with E-state index in [1.807, 2.05) is 18.2 Å². The summed E-state index contributed by atoms with van der Waals surface area (Å²) in [5.41, 5.74) is 17.2. The Morgan fingerprint density at radius 1 is 1.11 bits per heavy atom.